The number of esters is 1. The molecule has 0 atom stereocenters. The van der Waals surface area contributed by atoms with Gasteiger partial charge >= 0.3 is 5.97 Å². The lowest BCUT2D eigenvalue weighted by Gasteiger charge is -2.40. The Bertz CT molecular complexity index is 670. The van der Waals surface area contributed by atoms with Gasteiger partial charge in [-0.25, -0.2) is 0 Å². The molecule has 0 spiro atoms. The molecule has 1 aliphatic rings. The number of ether oxygens (including phenoxy) is 1. The van der Waals surface area contributed by atoms with E-state index in [0.717, 1.165) is 5.56 Å². The lowest BCUT2D eigenvalue weighted by Crippen LogP contribution is -2.49. The van der Waals surface area contributed by atoms with E-state index >= 15 is 0 Å². The van der Waals surface area contributed by atoms with Crippen molar-refractivity contribution in [1.82, 2.24) is 4.90 Å². The van der Waals surface area contributed by atoms with Crippen LogP contribution in [0.2, 0.25) is 0 Å². The summed E-state index contributed by atoms with van der Waals surface area (Å²) < 4.78 is 10.0. The number of carbonyl (C=O) groups is 2. The Morgan fingerprint density at radius 1 is 1.13 bits per heavy atom. The summed E-state index contributed by atoms with van der Waals surface area (Å²) in [4.78, 5) is 26.6. The van der Waals surface area contributed by atoms with Gasteiger partial charge in [0.25, 0.3) is 5.91 Å². The predicted molar refractivity (Wildman–Crippen MR) is 84.0 cm³/mol. The van der Waals surface area contributed by atoms with Gasteiger partial charge in [-0.15, -0.1) is 0 Å². The predicted octanol–water partition coefficient (Wildman–Crippen LogP) is 2.63. The Labute approximate surface area is 134 Å². The Hall–Kier alpha value is -2.56. The van der Waals surface area contributed by atoms with Gasteiger partial charge in [-0.1, -0.05) is 30.3 Å². The van der Waals surface area contributed by atoms with E-state index in [1.165, 1.54) is 19.6 Å². The summed E-state index contributed by atoms with van der Waals surface area (Å²) in [6.45, 7) is 1.02. The molecule has 0 N–H and O–H groups in total. The summed E-state index contributed by atoms with van der Waals surface area (Å²) in [5, 5.41) is 0. The molecule has 2 aromatic rings. The number of benzene rings is 1. The van der Waals surface area contributed by atoms with E-state index in [1.54, 1.807) is 11.0 Å². The molecule has 1 aromatic heterocycles. The first-order chi connectivity index (χ1) is 11.2. The van der Waals surface area contributed by atoms with Crippen LogP contribution < -0.4 is 0 Å². The minimum absolute atomic E-state index is 0.0646. The summed E-state index contributed by atoms with van der Waals surface area (Å²) >= 11 is 0. The van der Waals surface area contributed by atoms with Gasteiger partial charge in [-0.05, 0) is 24.5 Å². The number of furan rings is 1. The van der Waals surface area contributed by atoms with Crippen LogP contribution in [0.3, 0.4) is 0 Å². The molecule has 5 nitrogen and oxygen atoms in total. The average Bonchev–Trinajstić information content (AvgIpc) is 3.16. The number of rotatable bonds is 3. The molecular formula is C18H19NO4. The van der Waals surface area contributed by atoms with Gasteiger partial charge < -0.3 is 14.1 Å². The lowest BCUT2D eigenvalue weighted by atomic mass is 9.72. The number of piperidine rings is 1. The topological polar surface area (TPSA) is 59.8 Å². The minimum atomic E-state index is -0.677. The highest BCUT2D eigenvalue weighted by Gasteiger charge is 2.44. The lowest BCUT2D eigenvalue weighted by molar-refractivity contribution is -0.149. The summed E-state index contributed by atoms with van der Waals surface area (Å²) in [5.74, 6) is -0.301. The summed E-state index contributed by atoms with van der Waals surface area (Å²) in [7, 11) is 1.41. The molecular weight excluding hydrogens is 294 g/mol. The molecule has 1 fully saturated rings. The van der Waals surface area contributed by atoms with Crippen molar-refractivity contribution < 1.29 is 18.7 Å². The summed E-state index contributed by atoms with van der Waals surface area (Å²) in [6, 6.07) is 11.3. The molecule has 0 saturated carbocycles. The maximum Gasteiger partial charge on any atom is 0.316 e. The van der Waals surface area contributed by atoms with Gasteiger partial charge in [-0.2, -0.15) is 0 Å². The van der Waals surface area contributed by atoms with Gasteiger partial charge in [0.15, 0.2) is 0 Å². The normalized spacial score (nSPS) is 16.8. The highest BCUT2D eigenvalue weighted by atomic mass is 16.5. The van der Waals surface area contributed by atoms with Crippen LogP contribution >= 0.6 is 0 Å². The first-order valence-corrected chi connectivity index (χ1v) is 7.63. The molecule has 1 aliphatic heterocycles. The Balaban J connectivity index is 1.81. The van der Waals surface area contributed by atoms with Crippen LogP contribution in [-0.4, -0.2) is 37.0 Å². The van der Waals surface area contributed by atoms with Crippen LogP contribution in [-0.2, 0) is 14.9 Å². The van der Waals surface area contributed by atoms with Crippen molar-refractivity contribution in [3.05, 3.63) is 60.1 Å². The van der Waals surface area contributed by atoms with Crippen molar-refractivity contribution in [3.8, 4) is 0 Å². The van der Waals surface area contributed by atoms with Gasteiger partial charge in [0.2, 0.25) is 0 Å². The van der Waals surface area contributed by atoms with Gasteiger partial charge in [0.05, 0.1) is 24.4 Å². The maximum atomic E-state index is 12.5. The fourth-order valence-corrected chi connectivity index (χ4v) is 3.22. The monoisotopic (exact) mass is 313 g/mol. The van der Waals surface area contributed by atoms with Gasteiger partial charge in [0.1, 0.15) is 6.26 Å². The van der Waals surface area contributed by atoms with E-state index in [4.69, 9.17) is 9.15 Å². The third-order valence-electron chi connectivity index (χ3n) is 4.57. The number of carbonyl (C=O) groups excluding carboxylic acids is 2. The van der Waals surface area contributed by atoms with Crippen molar-refractivity contribution in [3.63, 3.8) is 0 Å². The van der Waals surface area contributed by atoms with E-state index in [2.05, 4.69) is 0 Å². The Kier molecular flexibility index (Phi) is 4.19. The number of nitrogens with zero attached hydrogens (tertiary/aromatic N) is 1. The highest BCUT2D eigenvalue weighted by Crippen LogP contribution is 2.37. The second-order valence-corrected chi connectivity index (χ2v) is 5.74. The van der Waals surface area contributed by atoms with Crippen molar-refractivity contribution in [1.29, 1.82) is 0 Å². The first-order valence-electron chi connectivity index (χ1n) is 7.63. The van der Waals surface area contributed by atoms with Crippen LogP contribution in [0.25, 0.3) is 0 Å². The molecule has 0 radical (unpaired) electrons. The molecule has 1 amide bonds. The van der Waals surface area contributed by atoms with Crippen molar-refractivity contribution in [2.45, 2.75) is 18.3 Å². The minimum Gasteiger partial charge on any atom is -0.472 e. The molecule has 23 heavy (non-hydrogen) atoms. The van der Waals surface area contributed by atoms with E-state index in [1.807, 2.05) is 30.3 Å². The molecule has 0 bridgehead atoms. The smallest absolute Gasteiger partial charge is 0.316 e. The van der Waals surface area contributed by atoms with Crippen LogP contribution in [0.4, 0.5) is 0 Å². The summed E-state index contributed by atoms with van der Waals surface area (Å²) in [5.41, 5.74) is 0.806. The molecule has 1 aromatic carbocycles. The zero-order valence-electron chi connectivity index (χ0n) is 13.0. The Morgan fingerprint density at radius 2 is 1.83 bits per heavy atom. The summed E-state index contributed by atoms with van der Waals surface area (Å²) in [6.07, 6.45) is 4.03. The van der Waals surface area contributed by atoms with Crippen LogP contribution in [0, 0.1) is 0 Å². The first kappa shape index (κ1) is 15.3. The quantitative estimate of drug-likeness (QED) is 0.817. The zero-order valence-corrected chi connectivity index (χ0v) is 13.0. The molecule has 1 saturated heterocycles. The molecule has 5 heteroatoms. The fraction of sp³-hybridized carbons (Fsp3) is 0.333. The highest BCUT2D eigenvalue weighted by molar-refractivity contribution is 5.94. The van der Waals surface area contributed by atoms with E-state index in [-0.39, 0.29) is 11.9 Å². The third-order valence-corrected chi connectivity index (χ3v) is 4.57. The van der Waals surface area contributed by atoms with Gasteiger partial charge in [0, 0.05) is 13.1 Å². The van der Waals surface area contributed by atoms with Crippen LogP contribution in [0.1, 0.15) is 28.8 Å². The molecule has 0 aliphatic carbocycles. The number of hydrogen-bond acceptors (Lipinski definition) is 4. The van der Waals surface area contributed by atoms with Crippen LogP contribution in [0.15, 0.2) is 53.3 Å². The van der Waals surface area contributed by atoms with Crippen LogP contribution in [0.5, 0.6) is 0 Å². The molecule has 120 valence electrons. The standard InChI is InChI=1S/C18H19NO4/c1-22-17(21)18(15-5-3-2-4-6-15)8-10-19(11-9-18)16(20)14-7-12-23-13-14/h2-7,12-13H,8-11H2,1H3. The van der Waals surface area contributed by atoms with Gasteiger partial charge in [-0.3, -0.25) is 9.59 Å². The largest absolute Gasteiger partial charge is 0.472 e. The average molecular weight is 313 g/mol. The second-order valence-electron chi connectivity index (χ2n) is 5.74. The fourth-order valence-electron chi connectivity index (χ4n) is 3.22. The number of hydrogen-bond donors (Lipinski definition) is 0. The second kappa shape index (κ2) is 6.28. The molecule has 2 heterocycles. The Morgan fingerprint density at radius 3 is 2.39 bits per heavy atom. The third kappa shape index (κ3) is 2.74. The number of methoxy groups -OCH3 is 1. The zero-order chi connectivity index (χ0) is 16.3. The number of amides is 1. The van der Waals surface area contributed by atoms with E-state index in [9.17, 15) is 9.59 Å². The molecule has 0 unspecified atom stereocenters. The maximum absolute atomic E-state index is 12.5. The SMILES string of the molecule is COC(=O)C1(c2ccccc2)CCN(C(=O)c2ccoc2)CC1. The van der Waals surface area contributed by atoms with E-state index < -0.39 is 5.41 Å². The number of likely N-dealkylation sites (tertiary alicyclic amines) is 1. The van der Waals surface area contributed by atoms with Crippen molar-refractivity contribution in [2.75, 3.05) is 20.2 Å². The van der Waals surface area contributed by atoms with E-state index in [0.29, 0.717) is 31.5 Å². The van der Waals surface area contributed by atoms with Crippen molar-refractivity contribution >= 4 is 11.9 Å². The molecule has 3 rings (SSSR count). The van der Waals surface area contributed by atoms with Crippen molar-refractivity contribution in [2.24, 2.45) is 0 Å².